The Morgan fingerprint density at radius 2 is 2.14 bits per heavy atom. The fraction of sp³-hybridized carbons (Fsp3) is 0.111. The van der Waals surface area contributed by atoms with Gasteiger partial charge in [0.05, 0.1) is 0 Å². The van der Waals surface area contributed by atoms with Gasteiger partial charge in [-0.2, -0.15) is 0 Å². The van der Waals surface area contributed by atoms with Gasteiger partial charge < -0.3 is 9.97 Å². The molecule has 3 aromatic heterocycles. The second kappa shape index (κ2) is 4.84. The number of carbonyl (C=O) groups excluding carboxylic acids is 1. The molecule has 4 rings (SSSR count). The first-order chi connectivity index (χ1) is 10.7. The molecule has 0 aliphatic rings. The number of aromatic nitrogens is 3. The van der Waals surface area contributed by atoms with Gasteiger partial charge in [-0.1, -0.05) is 6.07 Å². The minimum atomic E-state index is 0.172. The maximum absolute atomic E-state index is 11.3. The average Bonchev–Trinajstić information content (AvgIpc) is 3.09. The number of hydrogen-bond acceptors (Lipinski definition) is 2. The van der Waals surface area contributed by atoms with Crippen molar-refractivity contribution in [1.82, 2.24) is 15.0 Å². The molecule has 2 N–H and O–H groups in total. The largest absolute Gasteiger partial charge is 0.360 e. The monoisotopic (exact) mass is 289 g/mol. The molecular weight excluding hydrogens is 274 g/mol. The van der Waals surface area contributed by atoms with E-state index in [2.05, 4.69) is 27.1 Å². The van der Waals surface area contributed by atoms with Crippen LogP contribution in [-0.2, 0) is 11.2 Å². The summed E-state index contributed by atoms with van der Waals surface area (Å²) in [7, 11) is 0. The average molecular weight is 289 g/mol. The number of aromatic amines is 2. The standard InChI is InChI=1S/C18H15N3O/c1-11(22)7-12-4-5-16-14(8-12)15(10-20-16)17-9-13-3-2-6-19-18(13)21-17/h2-6,8-10,20H,7H2,1H3,(H,19,21). The van der Waals surface area contributed by atoms with Gasteiger partial charge >= 0.3 is 0 Å². The van der Waals surface area contributed by atoms with Crippen LogP contribution in [0.2, 0.25) is 0 Å². The van der Waals surface area contributed by atoms with Crippen LogP contribution in [0, 0.1) is 0 Å². The number of Topliss-reactive ketones (excluding diaryl/α,β-unsaturated/α-hetero) is 1. The van der Waals surface area contributed by atoms with Gasteiger partial charge in [0.2, 0.25) is 0 Å². The second-order valence-electron chi connectivity index (χ2n) is 5.59. The first-order valence-corrected chi connectivity index (χ1v) is 7.24. The minimum absolute atomic E-state index is 0.172. The maximum atomic E-state index is 11.3. The molecule has 0 bridgehead atoms. The Morgan fingerprint density at radius 1 is 1.23 bits per heavy atom. The molecule has 0 saturated carbocycles. The third kappa shape index (κ3) is 2.09. The minimum Gasteiger partial charge on any atom is -0.360 e. The van der Waals surface area contributed by atoms with Crippen molar-refractivity contribution in [2.75, 3.05) is 0 Å². The van der Waals surface area contributed by atoms with Crippen molar-refractivity contribution in [2.45, 2.75) is 13.3 Å². The van der Waals surface area contributed by atoms with Crippen molar-refractivity contribution >= 4 is 27.7 Å². The Morgan fingerprint density at radius 3 is 2.95 bits per heavy atom. The van der Waals surface area contributed by atoms with Crippen LogP contribution in [0.3, 0.4) is 0 Å². The van der Waals surface area contributed by atoms with Gasteiger partial charge in [0, 0.05) is 46.4 Å². The number of ketones is 1. The normalized spacial score (nSPS) is 11.3. The number of pyridine rings is 1. The van der Waals surface area contributed by atoms with Crippen molar-refractivity contribution in [1.29, 1.82) is 0 Å². The summed E-state index contributed by atoms with van der Waals surface area (Å²) >= 11 is 0. The van der Waals surface area contributed by atoms with Crippen LogP contribution < -0.4 is 0 Å². The summed E-state index contributed by atoms with van der Waals surface area (Å²) in [6, 6.07) is 12.2. The second-order valence-corrected chi connectivity index (χ2v) is 5.59. The molecule has 0 aliphatic heterocycles. The van der Waals surface area contributed by atoms with E-state index in [1.807, 2.05) is 30.5 Å². The summed E-state index contributed by atoms with van der Waals surface area (Å²) in [5.41, 5.74) is 5.11. The van der Waals surface area contributed by atoms with Crippen molar-refractivity contribution in [3.8, 4) is 11.3 Å². The molecule has 1 aromatic carbocycles. The zero-order chi connectivity index (χ0) is 15.1. The lowest BCUT2D eigenvalue weighted by Gasteiger charge is -2.00. The van der Waals surface area contributed by atoms with Crippen LogP contribution in [0.1, 0.15) is 12.5 Å². The number of hydrogen-bond donors (Lipinski definition) is 2. The Balaban J connectivity index is 1.88. The van der Waals surface area contributed by atoms with E-state index in [-0.39, 0.29) is 5.78 Å². The zero-order valence-electron chi connectivity index (χ0n) is 12.2. The van der Waals surface area contributed by atoms with Gasteiger partial charge in [0.15, 0.2) is 0 Å². The Bertz CT molecular complexity index is 961. The highest BCUT2D eigenvalue weighted by Crippen LogP contribution is 2.30. The topological polar surface area (TPSA) is 61.5 Å². The third-order valence-corrected chi connectivity index (χ3v) is 3.88. The summed E-state index contributed by atoms with van der Waals surface area (Å²) in [4.78, 5) is 22.3. The van der Waals surface area contributed by atoms with E-state index in [1.165, 1.54) is 0 Å². The molecule has 0 saturated heterocycles. The van der Waals surface area contributed by atoms with Gasteiger partial charge in [0.1, 0.15) is 11.4 Å². The van der Waals surface area contributed by atoms with E-state index in [0.717, 1.165) is 38.8 Å². The van der Waals surface area contributed by atoms with Gasteiger partial charge in [0.25, 0.3) is 0 Å². The molecule has 0 atom stereocenters. The molecule has 0 amide bonds. The lowest BCUT2D eigenvalue weighted by atomic mass is 10.0. The molecule has 108 valence electrons. The van der Waals surface area contributed by atoms with Crippen LogP contribution in [0.5, 0.6) is 0 Å². The molecule has 0 radical (unpaired) electrons. The van der Waals surface area contributed by atoms with Gasteiger partial charge in [-0.05, 0) is 42.8 Å². The van der Waals surface area contributed by atoms with Gasteiger partial charge in [-0.3, -0.25) is 4.79 Å². The van der Waals surface area contributed by atoms with Crippen LogP contribution in [-0.4, -0.2) is 20.7 Å². The summed E-state index contributed by atoms with van der Waals surface area (Å²) < 4.78 is 0. The lowest BCUT2D eigenvalue weighted by Crippen LogP contribution is -1.95. The fourth-order valence-electron chi connectivity index (χ4n) is 2.89. The SMILES string of the molecule is CC(=O)Cc1ccc2[nH]cc(-c3cc4cccnc4[nH]3)c2c1. The summed E-state index contributed by atoms with van der Waals surface area (Å²) in [6.07, 6.45) is 4.24. The molecule has 4 aromatic rings. The number of nitrogens with one attached hydrogen (secondary N) is 2. The van der Waals surface area contributed by atoms with E-state index in [1.54, 1.807) is 13.1 Å². The quantitative estimate of drug-likeness (QED) is 0.602. The molecule has 3 heterocycles. The summed E-state index contributed by atoms with van der Waals surface area (Å²) in [6.45, 7) is 1.62. The van der Waals surface area contributed by atoms with Crippen LogP contribution >= 0.6 is 0 Å². The maximum Gasteiger partial charge on any atom is 0.137 e. The molecular formula is C18H15N3O. The van der Waals surface area contributed by atoms with Crippen LogP contribution in [0.25, 0.3) is 33.2 Å². The summed E-state index contributed by atoms with van der Waals surface area (Å²) in [5.74, 6) is 0.172. The number of fused-ring (bicyclic) bond motifs is 2. The van der Waals surface area contributed by atoms with Crippen LogP contribution in [0.4, 0.5) is 0 Å². The number of nitrogens with zero attached hydrogens (tertiary/aromatic N) is 1. The molecule has 0 fully saturated rings. The van der Waals surface area contributed by atoms with Crippen molar-refractivity contribution < 1.29 is 4.79 Å². The molecule has 22 heavy (non-hydrogen) atoms. The Hall–Kier alpha value is -2.88. The number of carbonyl (C=O) groups is 1. The highest BCUT2D eigenvalue weighted by atomic mass is 16.1. The zero-order valence-corrected chi connectivity index (χ0v) is 12.2. The predicted molar refractivity (Wildman–Crippen MR) is 87.8 cm³/mol. The fourth-order valence-corrected chi connectivity index (χ4v) is 2.89. The lowest BCUT2D eigenvalue weighted by molar-refractivity contribution is -0.116. The molecule has 0 spiro atoms. The highest BCUT2D eigenvalue weighted by molar-refractivity contribution is 5.98. The number of H-pyrrole nitrogens is 2. The summed E-state index contributed by atoms with van der Waals surface area (Å²) in [5, 5.41) is 2.21. The van der Waals surface area contributed by atoms with Crippen LogP contribution in [0.15, 0.2) is 48.8 Å². The molecule has 0 aliphatic carbocycles. The van der Waals surface area contributed by atoms with E-state index in [4.69, 9.17) is 0 Å². The molecule has 4 nitrogen and oxygen atoms in total. The predicted octanol–water partition coefficient (Wildman–Crippen LogP) is 3.84. The number of benzene rings is 1. The smallest absolute Gasteiger partial charge is 0.137 e. The van der Waals surface area contributed by atoms with E-state index < -0.39 is 0 Å². The molecule has 4 heteroatoms. The Kier molecular flexibility index (Phi) is 2.82. The van der Waals surface area contributed by atoms with Crippen molar-refractivity contribution in [2.24, 2.45) is 0 Å². The first-order valence-electron chi connectivity index (χ1n) is 7.24. The van der Waals surface area contributed by atoms with Crippen molar-refractivity contribution in [3.05, 3.63) is 54.4 Å². The number of rotatable bonds is 3. The van der Waals surface area contributed by atoms with E-state index >= 15 is 0 Å². The molecule has 0 unspecified atom stereocenters. The van der Waals surface area contributed by atoms with E-state index in [0.29, 0.717) is 6.42 Å². The van der Waals surface area contributed by atoms with Crippen molar-refractivity contribution in [3.63, 3.8) is 0 Å². The third-order valence-electron chi connectivity index (χ3n) is 3.88. The Labute approximate surface area is 127 Å². The van der Waals surface area contributed by atoms with Gasteiger partial charge in [-0.25, -0.2) is 4.98 Å². The highest BCUT2D eigenvalue weighted by Gasteiger charge is 2.10. The first kappa shape index (κ1) is 12.8. The van der Waals surface area contributed by atoms with Gasteiger partial charge in [-0.15, -0.1) is 0 Å². The van der Waals surface area contributed by atoms with E-state index in [9.17, 15) is 4.79 Å².